The molecule has 0 aliphatic carbocycles. The van der Waals surface area contributed by atoms with Crippen molar-refractivity contribution >= 4 is 23.3 Å². The standard InChI is InChI=1S/C15H17NO5/c1-2-20-15(19)8-11(17)9-21-12-4-5-13-10(7-12)3-6-14(18)16-13/h4-5,7H,2-3,6,8-9H2,1H3,(H,16,18). The molecule has 1 aromatic rings. The Labute approximate surface area is 122 Å². The Bertz CT molecular complexity index is 567. The summed E-state index contributed by atoms with van der Waals surface area (Å²) in [6.07, 6.45) is 0.808. The number of amides is 1. The normalized spacial score (nSPS) is 13.1. The van der Waals surface area contributed by atoms with Gasteiger partial charge < -0.3 is 14.8 Å². The topological polar surface area (TPSA) is 81.7 Å². The molecule has 0 spiro atoms. The van der Waals surface area contributed by atoms with E-state index < -0.39 is 5.97 Å². The molecule has 1 N–H and O–H groups in total. The van der Waals surface area contributed by atoms with Crippen LogP contribution in [0.5, 0.6) is 5.75 Å². The molecule has 0 radical (unpaired) electrons. The monoisotopic (exact) mass is 291 g/mol. The molecule has 1 aliphatic rings. The number of ketones is 1. The van der Waals surface area contributed by atoms with Gasteiger partial charge in [-0.1, -0.05) is 0 Å². The van der Waals surface area contributed by atoms with Crippen molar-refractivity contribution in [2.45, 2.75) is 26.2 Å². The molecule has 112 valence electrons. The van der Waals surface area contributed by atoms with Crippen LogP contribution in [-0.2, 0) is 25.5 Å². The number of nitrogens with one attached hydrogen (secondary N) is 1. The Kier molecular flexibility index (Phi) is 4.92. The summed E-state index contributed by atoms with van der Waals surface area (Å²) in [5.74, 6) is -0.332. The summed E-state index contributed by atoms with van der Waals surface area (Å²) in [6, 6.07) is 5.23. The summed E-state index contributed by atoms with van der Waals surface area (Å²) in [5, 5.41) is 2.77. The zero-order chi connectivity index (χ0) is 15.2. The Morgan fingerprint density at radius 1 is 1.29 bits per heavy atom. The number of hydrogen-bond donors (Lipinski definition) is 1. The van der Waals surface area contributed by atoms with Gasteiger partial charge in [-0.3, -0.25) is 14.4 Å². The highest BCUT2D eigenvalue weighted by atomic mass is 16.5. The lowest BCUT2D eigenvalue weighted by Crippen LogP contribution is -2.19. The Balaban J connectivity index is 1.88. The van der Waals surface area contributed by atoms with E-state index in [1.807, 2.05) is 0 Å². The Morgan fingerprint density at radius 3 is 2.86 bits per heavy atom. The van der Waals surface area contributed by atoms with Crippen LogP contribution < -0.4 is 10.1 Å². The maximum Gasteiger partial charge on any atom is 0.313 e. The molecule has 2 rings (SSSR count). The van der Waals surface area contributed by atoms with Crippen LogP contribution in [0.3, 0.4) is 0 Å². The van der Waals surface area contributed by atoms with Crippen molar-refractivity contribution < 1.29 is 23.9 Å². The second kappa shape index (κ2) is 6.88. The Morgan fingerprint density at radius 2 is 2.10 bits per heavy atom. The smallest absolute Gasteiger partial charge is 0.313 e. The average Bonchev–Trinajstić information content (AvgIpc) is 2.45. The van der Waals surface area contributed by atoms with Gasteiger partial charge in [0.2, 0.25) is 5.91 Å². The van der Waals surface area contributed by atoms with E-state index in [-0.39, 0.29) is 31.3 Å². The molecular formula is C15H17NO5. The van der Waals surface area contributed by atoms with Gasteiger partial charge in [0.25, 0.3) is 0 Å². The van der Waals surface area contributed by atoms with E-state index in [2.05, 4.69) is 5.32 Å². The fraction of sp³-hybridized carbons (Fsp3) is 0.400. The number of anilines is 1. The third kappa shape index (κ3) is 4.30. The molecule has 0 bridgehead atoms. The van der Waals surface area contributed by atoms with Gasteiger partial charge >= 0.3 is 5.97 Å². The van der Waals surface area contributed by atoms with Crippen LogP contribution in [0.1, 0.15) is 25.3 Å². The fourth-order valence-electron chi connectivity index (χ4n) is 2.04. The van der Waals surface area contributed by atoms with E-state index in [9.17, 15) is 14.4 Å². The zero-order valence-corrected chi connectivity index (χ0v) is 11.8. The average molecular weight is 291 g/mol. The van der Waals surface area contributed by atoms with Crippen LogP contribution in [0, 0.1) is 0 Å². The minimum Gasteiger partial charge on any atom is -0.486 e. The maximum atomic E-state index is 11.6. The highest BCUT2D eigenvalue weighted by Gasteiger charge is 2.16. The molecule has 0 unspecified atom stereocenters. The molecule has 0 atom stereocenters. The van der Waals surface area contributed by atoms with Crippen molar-refractivity contribution in [1.29, 1.82) is 0 Å². The van der Waals surface area contributed by atoms with Crippen molar-refractivity contribution in [1.82, 2.24) is 0 Å². The number of benzene rings is 1. The predicted octanol–water partition coefficient (Wildman–Crippen LogP) is 1.47. The molecule has 6 heteroatoms. The molecule has 21 heavy (non-hydrogen) atoms. The first-order chi connectivity index (χ1) is 10.1. The number of aryl methyl sites for hydroxylation is 1. The minimum atomic E-state index is -0.542. The van der Waals surface area contributed by atoms with Crippen LogP contribution in [0.4, 0.5) is 5.69 Å². The van der Waals surface area contributed by atoms with E-state index in [0.29, 0.717) is 18.6 Å². The number of carbonyl (C=O) groups excluding carboxylic acids is 3. The van der Waals surface area contributed by atoms with E-state index in [4.69, 9.17) is 9.47 Å². The molecule has 0 aromatic heterocycles. The largest absolute Gasteiger partial charge is 0.486 e. The van der Waals surface area contributed by atoms with Crippen LogP contribution in [-0.4, -0.2) is 30.9 Å². The van der Waals surface area contributed by atoms with Gasteiger partial charge in [-0.2, -0.15) is 0 Å². The van der Waals surface area contributed by atoms with Gasteiger partial charge in [0, 0.05) is 12.1 Å². The number of rotatable bonds is 6. The number of ether oxygens (including phenoxy) is 2. The number of fused-ring (bicyclic) bond motifs is 1. The number of Topliss-reactive ketones (excluding diaryl/α,β-unsaturated/α-hetero) is 1. The summed E-state index contributed by atoms with van der Waals surface area (Å²) < 4.78 is 10.1. The van der Waals surface area contributed by atoms with E-state index in [0.717, 1.165) is 11.3 Å². The molecule has 1 aliphatic heterocycles. The summed E-state index contributed by atoms with van der Waals surface area (Å²) in [4.78, 5) is 33.9. The van der Waals surface area contributed by atoms with Crippen molar-refractivity contribution in [2.24, 2.45) is 0 Å². The highest BCUT2D eigenvalue weighted by Crippen LogP contribution is 2.26. The minimum absolute atomic E-state index is 0.000725. The molecular weight excluding hydrogens is 274 g/mol. The quantitative estimate of drug-likeness (QED) is 0.634. The van der Waals surface area contributed by atoms with Crippen molar-refractivity contribution in [2.75, 3.05) is 18.5 Å². The van der Waals surface area contributed by atoms with Crippen molar-refractivity contribution in [3.8, 4) is 5.75 Å². The maximum absolute atomic E-state index is 11.6. The highest BCUT2D eigenvalue weighted by molar-refractivity contribution is 5.96. The lowest BCUT2D eigenvalue weighted by Gasteiger charge is -2.17. The van der Waals surface area contributed by atoms with Gasteiger partial charge in [0.1, 0.15) is 18.8 Å². The van der Waals surface area contributed by atoms with E-state index in [1.165, 1.54) is 0 Å². The summed E-state index contributed by atoms with van der Waals surface area (Å²) in [5.41, 5.74) is 1.75. The second-order valence-electron chi connectivity index (χ2n) is 4.68. The number of hydrogen-bond acceptors (Lipinski definition) is 5. The van der Waals surface area contributed by atoms with Crippen LogP contribution in [0.2, 0.25) is 0 Å². The van der Waals surface area contributed by atoms with Crippen LogP contribution >= 0.6 is 0 Å². The van der Waals surface area contributed by atoms with E-state index in [1.54, 1.807) is 25.1 Å². The zero-order valence-electron chi connectivity index (χ0n) is 11.8. The van der Waals surface area contributed by atoms with E-state index >= 15 is 0 Å². The molecule has 0 fully saturated rings. The van der Waals surface area contributed by atoms with Crippen LogP contribution in [0.15, 0.2) is 18.2 Å². The van der Waals surface area contributed by atoms with Gasteiger partial charge in [-0.25, -0.2) is 0 Å². The van der Waals surface area contributed by atoms with Gasteiger partial charge in [-0.15, -0.1) is 0 Å². The third-order valence-electron chi connectivity index (χ3n) is 3.02. The Hall–Kier alpha value is -2.37. The fourth-order valence-corrected chi connectivity index (χ4v) is 2.04. The van der Waals surface area contributed by atoms with Crippen molar-refractivity contribution in [3.05, 3.63) is 23.8 Å². The lowest BCUT2D eigenvalue weighted by atomic mass is 10.0. The lowest BCUT2D eigenvalue weighted by molar-refractivity contribution is -0.145. The summed E-state index contributed by atoms with van der Waals surface area (Å²) in [6.45, 7) is 1.76. The molecule has 0 saturated carbocycles. The van der Waals surface area contributed by atoms with Gasteiger partial charge in [0.05, 0.1) is 6.61 Å². The number of carbonyl (C=O) groups is 3. The third-order valence-corrected chi connectivity index (χ3v) is 3.02. The van der Waals surface area contributed by atoms with Gasteiger partial charge in [-0.05, 0) is 37.1 Å². The molecule has 1 heterocycles. The molecule has 0 saturated heterocycles. The second-order valence-corrected chi connectivity index (χ2v) is 4.68. The molecule has 1 aromatic carbocycles. The molecule has 1 amide bonds. The number of esters is 1. The summed E-state index contributed by atoms with van der Waals surface area (Å²) >= 11 is 0. The first-order valence-electron chi connectivity index (χ1n) is 6.81. The first kappa shape index (κ1) is 15.0. The molecule has 6 nitrogen and oxygen atoms in total. The predicted molar refractivity (Wildman–Crippen MR) is 75.1 cm³/mol. The van der Waals surface area contributed by atoms with Gasteiger partial charge in [0.15, 0.2) is 5.78 Å². The summed E-state index contributed by atoms with van der Waals surface area (Å²) in [7, 11) is 0. The first-order valence-corrected chi connectivity index (χ1v) is 6.81. The SMILES string of the molecule is CCOC(=O)CC(=O)COc1ccc2c(c1)CCC(=O)N2. The van der Waals surface area contributed by atoms with Crippen LogP contribution in [0.25, 0.3) is 0 Å². The van der Waals surface area contributed by atoms with Crippen molar-refractivity contribution in [3.63, 3.8) is 0 Å².